The fraction of sp³-hybridized carbons (Fsp3) is 0.404. The van der Waals surface area contributed by atoms with Crippen LogP contribution in [0.3, 0.4) is 0 Å². The lowest BCUT2D eigenvalue weighted by Crippen LogP contribution is -2.60. The Morgan fingerprint density at radius 1 is 0.974 bits per heavy atom. The number of halogens is 2. The van der Waals surface area contributed by atoms with Crippen molar-refractivity contribution in [2.75, 3.05) is 69.8 Å². The molecule has 6 heterocycles. The quantitative estimate of drug-likeness (QED) is 0.0610. The van der Waals surface area contributed by atoms with Crippen molar-refractivity contribution in [3.8, 4) is 17.2 Å². The second-order valence-corrected chi connectivity index (χ2v) is 23.0. The number of carbonyl (C=O) groups excluding carboxylic acids is 1. The van der Waals surface area contributed by atoms with E-state index in [0.717, 1.165) is 76.0 Å². The molecule has 3 saturated heterocycles. The number of aromatic nitrogens is 2. The Hall–Kier alpha value is -7.13. The van der Waals surface area contributed by atoms with Crippen LogP contribution in [0.1, 0.15) is 91.4 Å². The highest BCUT2D eigenvalue weighted by Gasteiger charge is 2.50. The summed E-state index contributed by atoms with van der Waals surface area (Å²) in [5.74, 6) is -0.738. The number of nitro benzene ring substituents is 1. The number of H-pyrrole nitrogens is 1. The van der Waals surface area contributed by atoms with E-state index in [-0.39, 0.29) is 77.9 Å². The van der Waals surface area contributed by atoms with Crippen molar-refractivity contribution < 1.29 is 45.5 Å². The van der Waals surface area contributed by atoms with Crippen LogP contribution in [0.2, 0.25) is 0 Å². The Kier molecular flexibility index (Phi) is 14.2. The zero-order valence-corrected chi connectivity index (χ0v) is 44.0. The normalized spacial score (nSPS) is 19.1. The number of alkyl halides is 1. The van der Waals surface area contributed by atoms with Gasteiger partial charge in [0.15, 0.2) is 11.3 Å². The van der Waals surface area contributed by atoms with Gasteiger partial charge in [-0.25, -0.2) is 26.9 Å². The number of furan rings is 1. The van der Waals surface area contributed by atoms with E-state index in [0.29, 0.717) is 36.1 Å². The second kappa shape index (κ2) is 21.0. The van der Waals surface area contributed by atoms with Gasteiger partial charge in [0.2, 0.25) is 0 Å². The maximum absolute atomic E-state index is 16.7. The van der Waals surface area contributed by atoms with Crippen molar-refractivity contribution in [3.05, 3.63) is 142 Å². The standard InChI is InChI=1S/C57H62F2N8O9S/c1-36(2)42-6-4-5-7-43(42)49-34-64(33-37-8-10-40(73-3)11-9-37)21-22-66(49)39-30-56(31-39)14-19-65(20-15-56)47-28-50(76-41-26-38-12-18-60-54(38)61-32-41)45(27-46(47)58)55(68)63-77(71,72)51-29-48(67(69)70)52(53-44(51)13-23-75-53)62-35-57(59)16-24-74-25-17-57/h4-13,18,23,26-29,32,36,39,49,62H,14-17,19-22,24-25,30-31,33-35H2,1-3H3,(H,60,61)(H,63,68)/t49-/m0/s1. The van der Waals surface area contributed by atoms with Crippen molar-refractivity contribution in [3.63, 3.8) is 0 Å². The molecule has 1 amide bonds. The molecule has 4 aromatic carbocycles. The van der Waals surface area contributed by atoms with Gasteiger partial charge in [-0.3, -0.25) is 24.7 Å². The van der Waals surface area contributed by atoms with Gasteiger partial charge in [0.05, 0.1) is 35.7 Å². The molecular weight excluding hydrogens is 1010 g/mol. The molecule has 1 aliphatic carbocycles. The van der Waals surface area contributed by atoms with E-state index in [1.54, 1.807) is 25.4 Å². The second-order valence-electron chi connectivity index (χ2n) is 21.4. The number of hydrogen-bond acceptors (Lipinski definition) is 14. The molecular formula is C57H62F2N8O9S. The Morgan fingerprint density at radius 2 is 1.74 bits per heavy atom. The summed E-state index contributed by atoms with van der Waals surface area (Å²) in [5.41, 5.74) is 1.49. The van der Waals surface area contributed by atoms with Crippen molar-refractivity contribution in [1.29, 1.82) is 0 Å². The molecule has 4 fully saturated rings. The number of methoxy groups -OCH3 is 1. The maximum atomic E-state index is 16.7. The Bertz CT molecular complexity index is 3440. The SMILES string of the molecule is COc1ccc(CN2CCN(C3CC4(CCN(c5cc(Oc6cnc7[nH]ccc7c6)c(C(=O)NS(=O)(=O)c6cc([N+](=O)[O-])c(NCC7(F)CCOCC7)c7occc67)cc5F)CC4)C3)[C@H](c3ccccc3C(C)C)C2)cc1. The number of nitro groups is 1. The van der Waals surface area contributed by atoms with Crippen molar-refractivity contribution in [2.45, 2.75) is 87.5 Å². The summed E-state index contributed by atoms with van der Waals surface area (Å²) in [5, 5.41) is 15.8. The number of rotatable bonds is 16. The predicted octanol–water partition coefficient (Wildman–Crippen LogP) is 10.6. The number of piperidine rings is 1. The number of carbonyl (C=O) groups is 1. The van der Waals surface area contributed by atoms with Crippen molar-refractivity contribution >= 4 is 55.0 Å². The minimum Gasteiger partial charge on any atom is -0.497 e. The molecule has 17 nitrogen and oxygen atoms in total. The van der Waals surface area contributed by atoms with Crippen LogP contribution >= 0.6 is 0 Å². The van der Waals surface area contributed by atoms with E-state index in [9.17, 15) is 23.3 Å². The average molecular weight is 1070 g/mol. The zero-order valence-electron chi connectivity index (χ0n) is 43.2. The van der Waals surface area contributed by atoms with Gasteiger partial charge >= 0.3 is 0 Å². The highest BCUT2D eigenvalue weighted by Crippen LogP contribution is 2.54. The third kappa shape index (κ3) is 10.5. The lowest BCUT2D eigenvalue weighted by atomic mass is 9.59. The van der Waals surface area contributed by atoms with Gasteiger partial charge in [-0.15, -0.1) is 0 Å². The number of pyridine rings is 1. The number of nitrogens with zero attached hydrogens (tertiary/aromatic N) is 5. The number of hydrogen-bond donors (Lipinski definition) is 3. The predicted molar refractivity (Wildman–Crippen MR) is 288 cm³/mol. The topological polar surface area (TPSA) is 198 Å². The first-order chi connectivity index (χ1) is 37.1. The first-order valence-corrected chi connectivity index (χ1v) is 27.7. The number of benzene rings is 4. The number of ether oxygens (including phenoxy) is 3. The molecule has 3 N–H and O–H groups in total. The Balaban J connectivity index is 0.823. The number of anilines is 2. The maximum Gasteiger partial charge on any atom is 0.297 e. The van der Waals surface area contributed by atoms with E-state index in [1.807, 2.05) is 21.8 Å². The number of nitrogens with one attached hydrogen (secondary N) is 3. The molecule has 1 spiro atoms. The minimum atomic E-state index is -4.94. The number of piperazine rings is 1. The molecule has 1 atom stereocenters. The largest absolute Gasteiger partial charge is 0.497 e. The van der Waals surface area contributed by atoms with E-state index in [1.165, 1.54) is 35.0 Å². The smallest absolute Gasteiger partial charge is 0.297 e. The van der Waals surface area contributed by atoms with Crippen LogP contribution in [0.15, 0.2) is 113 Å². The molecule has 7 aromatic rings. The van der Waals surface area contributed by atoms with Gasteiger partial charge in [0, 0.05) is 113 Å². The molecule has 3 aromatic heterocycles. The summed E-state index contributed by atoms with van der Waals surface area (Å²) in [6.45, 7) is 9.28. The lowest BCUT2D eigenvalue weighted by molar-refractivity contribution is -0.384. The highest BCUT2D eigenvalue weighted by molar-refractivity contribution is 7.90. The molecule has 0 bridgehead atoms. The molecule has 0 radical (unpaired) electrons. The Morgan fingerprint density at radius 3 is 2.48 bits per heavy atom. The van der Waals surface area contributed by atoms with Gasteiger partial charge in [-0.2, -0.15) is 0 Å². The van der Waals surface area contributed by atoms with Crippen LogP contribution in [0.25, 0.3) is 22.0 Å². The summed E-state index contributed by atoms with van der Waals surface area (Å²) in [7, 11) is -3.26. The molecule has 11 rings (SSSR count). The number of aromatic amines is 1. The zero-order chi connectivity index (χ0) is 53.6. The lowest BCUT2D eigenvalue weighted by Gasteiger charge is -2.58. The molecule has 77 heavy (non-hydrogen) atoms. The van der Waals surface area contributed by atoms with Crippen LogP contribution in [-0.4, -0.2) is 110 Å². The Labute approximate surface area is 445 Å². The van der Waals surface area contributed by atoms with Crippen molar-refractivity contribution in [2.24, 2.45) is 5.41 Å². The van der Waals surface area contributed by atoms with Crippen LogP contribution in [0.4, 0.5) is 25.8 Å². The van der Waals surface area contributed by atoms with Crippen molar-refractivity contribution in [1.82, 2.24) is 24.5 Å². The molecule has 20 heteroatoms. The molecule has 1 saturated carbocycles. The molecule has 0 unspecified atom stereocenters. The summed E-state index contributed by atoms with van der Waals surface area (Å²) < 4.78 is 85.4. The third-order valence-electron chi connectivity index (χ3n) is 16.3. The number of amides is 1. The number of sulfonamides is 1. The molecule has 4 aliphatic rings. The third-order valence-corrected chi connectivity index (χ3v) is 17.7. The summed E-state index contributed by atoms with van der Waals surface area (Å²) >= 11 is 0. The van der Waals surface area contributed by atoms with Gasteiger partial charge in [-0.1, -0.05) is 50.2 Å². The van der Waals surface area contributed by atoms with Crippen LogP contribution in [-0.2, 0) is 21.3 Å². The van der Waals surface area contributed by atoms with Crippen LogP contribution in [0.5, 0.6) is 17.2 Å². The van der Waals surface area contributed by atoms with Gasteiger partial charge in [0.25, 0.3) is 21.6 Å². The first-order valence-electron chi connectivity index (χ1n) is 26.2. The van der Waals surface area contributed by atoms with E-state index in [4.69, 9.17) is 18.6 Å². The fourth-order valence-corrected chi connectivity index (χ4v) is 13.2. The highest BCUT2D eigenvalue weighted by atomic mass is 32.2. The average Bonchev–Trinajstić information content (AvgIpc) is 4.19. The van der Waals surface area contributed by atoms with E-state index in [2.05, 4.69) is 75.3 Å². The van der Waals surface area contributed by atoms with Gasteiger partial charge in [-0.05, 0) is 90.1 Å². The fourth-order valence-electron chi connectivity index (χ4n) is 12.0. The molecule has 404 valence electrons. The monoisotopic (exact) mass is 1070 g/mol. The summed E-state index contributed by atoms with van der Waals surface area (Å²) in [6, 6.07) is 25.7. The van der Waals surface area contributed by atoms with Gasteiger partial charge in [0.1, 0.15) is 39.3 Å². The van der Waals surface area contributed by atoms with Crippen LogP contribution < -0.4 is 24.4 Å². The summed E-state index contributed by atoms with van der Waals surface area (Å²) in [4.78, 5) is 40.0. The van der Waals surface area contributed by atoms with Crippen LogP contribution in [0, 0.1) is 21.3 Å². The summed E-state index contributed by atoms with van der Waals surface area (Å²) in [6.07, 6.45) is 8.09. The van der Waals surface area contributed by atoms with E-state index < -0.39 is 48.5 Å². The number of fused-ring (bicyclic) bond motifs is 2. The molecule has 3 aliphatic heterocycles. The first kappa shape index (κ1) is 51.9. The van der Waals surface area contributed by atoms with Gasteiger partial charge < -0.3 is 33.8 Å². The van der Waals surface area contributed by atoms with E-state index >= 15 is 8.78 Å². The minimum absolute atomic E-state index is 0.0551.